The molecule has 0 fully saturated rings. The largest absolute Gasteiger partial charge is 0.463 e. The van der Waals surface area contributed by atoms with Crippen molar-refractivity contribution in [3.63, 3.8) is 0 Å². The lowest BCUT2D eigenvalue weighted by molar-refractivity contribution is 0.0563. The van der Waals surface area contributed by atoms with Crippen LogP contribution in [0.15, 0.2) is 62.5 Å². The molecule has 7 nitrogen and oxygen atoms in total. The Kier molecular flexibility index (Phi) is 4.25. The molecule has 0 radical (unpaired) electrons. The average Bonchev–Trinajstić information content (AvgIpc) is 3.32. The SMILES string of the molecule is COC(=O)c1ccc(Cn2c(=O)[nH]c3sc(-c4ccccc4)cc3c2=O)o1. The molecule has 1 N–H and O–H groups in total. The summed E-state index contributed by atoms with van der Waals surface area (Å²) in [4.78, 5) is 40.8. The molecule has 0 spiro atoms. The van der Waals surface area contributed by atoms with Crippen LogP contribution in [0.5, 0.6) is 0 Å². The second-order valence-electron chi connectivity index (χ2n) is 5.80. The smallest absolute Gasteiger partial charge is 0.373 e. The summed E-state index contributed by atoms with van der Waals surface area (Å²) < 4.78 is 11.0. The second-order valence-corrected chi connectivity index (χ2v) is 6.85. The maximum Gasteiger partial charge on any atom is 0.373 e. The monoisotopic (exact) mass is 382 g/mol. The minimum absolute atomic E-state index is 0.0138. The van der Waals surface area contributed by atoms with Crippen LogP contribution in [0.4, 0.5) is 0 Å². The van der Waals surface area contributed by atoms with Gasteiger partial charge >= 0.3 is 11.7 Å². The van der Waals surface area contributed by atoms with Gasteiger partial charge in [0.2, 0.25) is 5.76 Å². The van der Waals surface area contributed by atoms with Gasteiger partial charge in [-0.05, 0) is 23.8 Å². The van der Waals surface area contributed by atoms with Gasteiger partial charge in [-0.15, -0.1) is 11.3 Å². The summed E-state index contributed by atoms with van der Waals surface area (Å²) in [6.45, 7) is -0.0857. The molecule has 0 amide bonds. The molecule has 4 aromatic rings. The normalized spacial score (nSPS) is 11.0. The van der Waals surface area contributed by atoms with Crippen LogP contribution in [-0.2, 0) is 11.3 Å². The Morgan fingerprint density at radius 2 is 1.96 bits per heavy atom. The van der Waals surface area contributed by atoms with Crippen molar-refractivity contribution in [2.75, 3.05) is 7.11 Å². The summed E-state index contributed by atoms with van der Waals surface area (Å²) >= 11 is 1.35. The number of hydrogen-bond donors (Lipinski definition) is 1. The van der Waals surface area contributed by atoms with E-state index in [9.17, 15) is 14.4 Å². The van der Waals surface area contributed by atoms with Crippen LogP contribution in [0.3, 0.4) is 0 Å². The zero-order valence-corrected chi connectivity index (χ0v) is 15.0. The first kappa shape index (κ1) is 17.0. The minimum atomic E-state index is -0.622. The predicted molar refractivity (Wildman–Crippen MR) is 101 cm³/mol. The molecule has 0 saturated carbocycles. The van der Waals surface area contributed by atoms with E-state index < -0.39 is 17.2 Å². The zero-order valence-electron chi connectivity index (χ0n) is 14.2. The van der Waals surface area contributed by atoms with E-state index in [4.69, 9.17) is 4.42 Å². The lowest BCUT2D eigenvalue weighted by atomic mass is 10.2. The molecule has 0 aliphatic rings. The lowest BCUT2D eigenvalue weighted by Gasteiger charge is -2.02. The van der Waals surface area contributed by atoms with E-state index in [1.807, 2.05) is 30.3 Å². The summed E-state index contributed by atoms with van der Waals surface area (Å²) in [5.41, 5.74) is 0.0208. The number of fused-ring (bicyclic) bond motifs is 1. The molecule has 27 heavy (non-hydrogen) atoms. The molecule has 0 atom stereocenters. The number of carbonyl (C=O) groups is 1. The number of benzene rings is 1. The highest BCUT2D eigenvalue weighted by molar-refractivity contribution is 7.21. The number of furan rings is 1. The molecular weight excluding hydrogens is 368 g/mol. The van der Waals surface area contributed by atoms with Gasteiger partial charge in [-0.2, -0.15) is 0 Å². The average molecular weight is 382 g/mol. The number of aromatic amines is 1. The number of ether oxygens (including phenoxy) is 1. The Labute approximate surface area is 156 Å². The van der Waals surface area contributed by atoms with E-state index in [1.54, 1.807) is 6.07 Å². The van der Waals surface area contributed by atoms with Crippen LogP contribution in [0, 0.1) is 0 Å². The Balaban J connectivity index is 1.75. The van der Waals surface area contributed by atoms with Gasteiger partial charge in [0.25, 0.3) is 5.56 Å². The Bertz CT molecular complexity index is 1250. The van der Waals surface area contributed by atoms with Crippen molar-refractivity contribution in [3.05, 3.63) is 80.9 Å². The molecule has 136 valence electrons. The minimum Gasteiger partial charge on any atom is -0.463 e. The lowest BCUT2D eigenvalue weighted by Crippen LogP contribution is -2.34. The molecular formula is C19H14N2O5S. The van der Waals surface area contributed by atoms with Gasteiger partial charge in [-0.3, -0.25) is 14.3 Å². The number of thiophene rings is 1. The quantitative estimate of drug-likeness (QED) is 0.548. The topological polar surface area (TPSA) is 94.3 Å². The van der Waals surface area contributed by atoms with Crippen LogP contribution in [0.2, 0.25) is 0 Å². The number of aromatic nitrogens is 2. The Hall–Kier alpha value is -3.39. The second kappa shape index (κ2) is 6.73. The van der Waals surface area contributed by atoms with Crippen LogP contribution in [-0.4, -0.2) is 22.6 Å². The standard InChI is InChI=1S/C19H14N2O5S/c1-25-18(23)14-8-7-12(26-14)10-21-17(22)13-9-15(11-5-3-2-4-6-11)27-16(13)20-19(21)24/h2-9H,10H2,1H3,(H,20,24). The van der Waals surface area contributed by atoms with Gasteiger partial charge in [-0.25, -0.2) is 9.59 Å². The van der Waals surface area contributed by atoms with Gasteiger partial charge in [0.1, 0.15) is 10.6 Å². The van der Waals surface area contributed by atoms with Crippen LogP contribution >= 0.6 is 11.3 Å². The van der Waals surface area contributed by atoms with Crippen molar-refractivity contribution in [1.82, 2.24) is 9.55 Å². The third kappa shape index (κ3) is 3.11. The number of methoxy groups -OCH3 is 1. The molecule has 8 heteroatoms. The first-order valence-corrected chi connectivity index (χ1v) is 8.87. The molecule has 3 aromatic heterocycles. The number of nitrogens with zero attached hydrogens (tertiary/aromatic N) is 1. The van der Waals surface area contributed by atoms with Crippen LogP contribution < -0.4 is 11.2 Å². The fourth-order valence-corrected chi connectivity index (χ4v) is 3.81. The number of esters is 1. The van der Waals surface area contributed by atoms with E-state index in [-0.39, 0.29) is 12.3 Å². The van der Waals surface area contributed by atoms with Gasteiger partial charge in [0.15, 0.2) is 0 Å². The maximum atomic E-state index is 12.8. The number of hydrogen-bond acceptors (Lipinski definition) is 6. The van der Waals surface area contributed by atoms with Gasteiger partial charge in [0.05, 0.1) is 19.0 Å². The molecule has 0 bridgehead atoms. The van der Waals surface area contributed by atoms with Crippen molar-refractivity contribution in [2.45, 2.75) is 6.54 Å². The number of rotatable bonds is 4. The molecule has 0 unspecified atom stereocenters. The highest BCUT2D eigenvalue weighted by Crippen LogP contribution is 2.30. The van der Waals surface area contributed by atoms with Crippen LogP contribution in [0.25, 0.3) is 20.7 Å². The van der Waals surface area contributed by atoms with E-state index in [2.05, 4.69) is 9.72 Å². The molecule has 3 heterocycles. The van der Waals surface area contributed by atoms with Crippen molar-refractivity contribution in [1.29, 1.82) is 0 Å². The fraction of sp³-hybridized carbons (Fsp3) is 0.105. The number of carbonyl (C=O) groups excluding carboxylic acids is 1. The van der Waals surface area contributed by atoms with Crippen molar-refractivity contribution in [3.8, 4) is 10.4 Å². The summed E-state index contributed by atoms with van der Waals surface area (Å²) in [6, 6.07) is 14.4. The zero-order chi connectivity index (χ0) is 19.0. The molecule has 4 rings (SSSR count). The maximum absolute atomic E-state index is 12.8. The first-order chi connectivity index (χ1) is 13.1. The predicted octanol–water partition coefficient (Wildman–Crippen LogP) is 2.85. The fourth-order valence-electron chi connectivity index (χ4n) is 2.76. The highest BCUT2D eigenvalue weighted by Gasteiger charge is 2.15. The summed E-state index contributed by atoms with van der Waals surface area (Å²) in [7, 11) is 1.24. The summed E-state index contributed by atoms with van der Waals surface area (Å²) in [5, 5.41) is 0.429. The van der Waals surface area contributed by atoms with E-state index in [1.165, 1.54) is 30.6 Å². The molecule has 0 aliphatic heterocycles. The molecule has 0 saturated heterocycles. The number of H-pyrrole nitrogens is 1. The summed E-state index contributed by atoms with van der Waals surface area (Å²) in [5.74, 6) is -0.302. The van der Waals surface area contributed by atoms with Gasteiger partial charge in [-0.1, -0.05) is 30.3 Å². The van der Waals surface area contributed by atoms with E-state index >= 15 is 0 Å². The Morgan fingerprint density at radius 3 is 2.70 bits per heavy atom. The third-order valence-corrected chi connectivity index (χ3v) is 5.19. The molecule has 0 aliphatic carbocycles. The highest BCUT2D eigenvalue weighted by atomic mass is 32.1. The van der Waals surface area contributed by atoms with Crippen molar-refractivity contribution >= 4 is 27.5 Å². The number of nitrogens with one attached hydrogen (secondary N) is 1. The summed E-state index contributed by atoms with van der Waals surface area (Å²) in [6.07, 6.45) is 0. The van der Waals surface area contributed by atoms with Gasteiger partial charge in [0, 0.05) is 4.88 Å². The first-order valence-electron chi connectivity index (χ1n) is 8.06. The van der Waals surface area contributed by atoms with E-state index in [0.717, 1.165) is 15.0 Å². The van der Waals surface area contributed by atoms with Gasteiger partial charge < -0.3 is 9.15 Å². The van der Waals surface area contributed by atoms with E-state index in [0.29, 0.717) is 16.0 Å². The van der Waals surface area contributed by atoms with Crippen LogP contribution in [0.1, 0.15) is 16.3 Å². The molecule has 1 aromatic carbocycles. The third-order valence-electron chi connectivity index (χ3n) is 4.09. The Morgan fingerprint density at radius 1 is 1.19 bits per heavy atom. The van der Waals surface area contributed by atoms with Crippen molar-refractivity contribution < 1.29 is 13.9 Å². The van der Waals surface area contributed by atoms with Crippen molar-refractivity contribution in [2.24, 2.45) is 0 Å².